The van der Waals surface area contributed by atoms with Gasteiger partial charge in [0, 0.05) is 4.88 Å². The van der Waals surface area contributed by atoms with Gasteiger partial charge in [-0.15, -0.1) is 11.3 Å². The topological polar surface area (TPSA) is 50.2 Å². The average Bonchev–Trinajstić information content (AvgIpc) is 3.08. The molecule has 0 saturated carbocycles. The monoisotopic (exact) mass is 372 g/mol. The van der Waals surface area contributed by atoms with E-state index in [9.17, 15) is 0 Å². The predicted molar refractivity (Wildman–Crippen MR) is 115 cm³/mol. The van der Waals surface area contributed by atoms with Crippen molar-refractivity contribution in [3.63, 3.8) is 0 Å². The van der Waals surface area contributed by atoms with Crippen LogP contribution in [0.5, 0.6) is 0 Å². The largest absolute Gasteiger partial charge is 0.261 e. The second-order valence-corrected chi connectivity index (χ2v) is 7.58. The number of hydrogen-bond donors (Lipinski definition) is 1. The Balaban J connectivity index is 1.67. The lowest BCUT2D eigenvalue weighted by molar-refractivity contribution is 1.09. The molecule has 0 aliphatic rings. The minimum absolute atomic E-state index is 0.730. The molecule has 0 saturated heterocycles. The van der Waals surface area contributed by atoms with Gasteiger partial charge in [-0.25, -0.2) is 9.97 Å². The molecule has 134 valence electrons. The Bertz CT molecular complexity index is 1130. The second kappa shape index (κ2) is 7.29. The number of hydrogen-bond acceptors (Lipinski definition) is 5. The Labute approximate surface area is 162 Å². The maximum atomic E-state index is 4.59. The van der Waals surface area contributed by atoms with E-state index in [0.717, 1.165) is 27.4 Å². The number of anilines is 1. The minimum atomic E-state index is 0.730. The van der Waals surface area contributed by atoms with Gasteiger partial charge in [-0.05, 0) is 43.5 Å². The van der Waals surface area contributed by atoms with Crippen LogP contribution in [0.4, 0.5) is 5.82 Å². The van der Waals surface area contributed by atoms with Crippen LogP contribution >= 0.6 is 11.3 Å². The highest BCUT2D eigenvalue weighted by Crippen LogP contribution is 2.35. The van der Waals surface area contributed by atoms with Crippen LogP contribution in [0.15, 0.2) is 59.7 Å². The standard InChI is InChI=1S/C22H20N4S/c1-14-9-10-18(15(2)11-14)13-23-26-21-19-12-20(17-7-5-4-6-8-17)27-22(19)25-16(3)24-21/h4-13H,1-3H3,(H,24,25,26)/b23-13-. The first-order valence-corrected chi connectivity index (χ1v) is 9.62. The Morgan fingerprint density at radius 2 is 1.78 bits per heavy atom. The van der Waals surface area contributed by atoms with E-state index >= 15 is 0 Å². The van der Waals surface area contributed by atoms with Gasteiger partial charge in [0.15, 0.2) is 5.82 Å². The number of rotatable bonds is 4. The van der Waals surface area contributed by atoms with Gasteiger partial charge >= 0.3 is 0 Å². The Kier molecular flexibility index (Phi) is 4.69. The third kappa shape index (κ3) is 3.73. The van der Waals surface area contributed by atoms with Crippen molar-refractivity contribution >= 4 is 33.6 Å². The number of thiophene rings is 1. The molecule has 2 aromatic carbocycles. The predicted octanol–water partition coefficient (Wildman–Crippen LogP) is 5.73. The van der Waals surface area contributed by atoms with Gasteiger partial charge in [-0.1, -0.05) is 54.1 Å². The molecule has 0 aliphatic heterocycles. The fourth-order valence-electron chi connectivity index (χ4n) is 2.99. The quantitative estimate of drug-likeness (QED) is 0.368. The smallest absolute Gasteiger partial charge is 0.158 e. The van der Waals surface area contributed by atoms with E-state index in [1.807, 2.05) is 31.3 Å². The molecular weight excluding hydrogens is 352 g/mol. The summed E-state index contributed by atoms with van der Waals surface area (Å²) in [7, 11) is 0. The van der Waals surface area contributed by atoms with Crippen LogP contribution in [0.2, 0.25) is 0 Å². The number of hydrazone groups is 1. The number of nitrogens with zero attached hydrogens (tertiary/aromatic N) is 3. The summed E-state index contributed by atoms with van der Waals surface area (Å²) >= 11 is 1.67. The van der Waals surface area contributed by atoms with Gasteiger partial charge < -0.3 is 0 Å². The van der Waals surface area contributed by atoms with Gasteiger partial charge in [-0.2, -0.15) is 5.10 Å². The molecule has 27 heavy (non-hydrogen) atoms. The highest BCUT2D eigenvalue weighted by molar-refractivity contribution is 7.21. The zero-order chi connectivity index (χ0) is 18.8. The first kappa shape index (κ1) is 17.4. The van der Waals surface area contributed by atoms with E-state index in [4.69, 9.17) is 0 Å². The molecule has 5 heteroatoms. The average molecular weight is 372 g/mol. The molecule has 0 spiro atoms. The van der Waals surface area contributed by atoms with E-state index in [-0.39, 0.29) is 0 Å². The fourth-order valence-corrected chi connectivity index (χ4v) is 4.07. The van der Waals surface area contributed by atoms with Crippen LogP contribution in [-0.4, -0.2) is 16.2 Å². The summed E-state index contributed by atoms with van der Waals surface area (Å²) < 4.78 is 0. The third-order valence-corrected chi connectivity index (χ3v) is 5.44. The van der Waals surface area contributed by atoms with Crippen LogP contribution in [0, 0.1) is 20.8 Å². The number of aromatic nitrogens is 2. The summed E-state index contributed by atoms with van der Waals surface area (Å²) in [5.74, 6) is 1.46. The van der Waals surface area contributed by atoms with Crippen molar-refractivity contribution in [3.8, 4) is 10.4 Å². The summed E-state index contributed by atoms with van der Waals surface area (Å²) in [6, 6.07) is 18.8. The van der Waals surface area contributed by atoms with Gasteiger partial charge in [0.1, 0.15) is 10.7 Å². The van der Waals surface area contributed by atoms with E-state index in [2.05, 4.69) is 70.7 Å². The summed E-state index contributed by atoms with van der Waals surface area (Å²) in [5.41, 5.74) is 7.83. The summed E-state index contributed by atoms with van der Waals surface area (Å²) in [4.78, 5) is 11.3. The zero-order valence-electron chi connectivity index (χ0n) is 15.5. The molecule has 0 radical (unpaired) electrons. The van der Waals surface area contributed by atoms with E-state index in [0.29, 0.717) is 0 Å². The first-order chi connectivity index (χ1) is 13.1. The lowest BCUT2D eigenvalue weighted by atomic mass is 10.1. The SMILES string of the molecule is Cc1ccc(/C=N\Nc2nc(C)nc3sc(-c4ccccc4)cc23)c(C)c1. The van der Waals surface area contributed by atoms with Crippen molar-refractivity contribution in [3.05, 3.63) is 77.1 Å². The van der Waals surface area contributed by atoms with Crippen LogP contribution in [0.3, 0.4) is 0 Å². The highest BCUT2D eigenvalue weighted by Gasteiger charge is 2.11. The summed E-state index contributed by atoms with van der Waals surface area (Å²) in [5, 5.41) is 5.40. The number of benzene rings is 2. The summed E-state index contributed by atoms with van der Waals surface area (Å²) in [6.45, 7) is 6.08. The van der Waals surface area contributed by atoms with Crippen molar-refractivity contribution in [2.75, 3.05) is 5.43 Å². The van der Waals surface area contributed by atoms with Crippen LogP contribution in [-0.2, 0) is 0 Å². The van der Waals surface area contributed by atoms with Crippen LogP contribution in [0.1, 0.15) is 22.5 Å². The van der Waals surface area contributed by atoms with Crippen molar-refractivity contribution in [1.82, 2.24) is 9.97 Å². The zero-order valence-corrected chi connectivity index (χ0v) is 16.3. The molecule has 0 aliphatic carbocycles. The van der Waals surface area contributed by atoms with Crippen molar-refractivity contribution < 1.29 is 0 Å². The molecule has 0 amide bonds. The van der Waals surface area contributed by atoms with E-state index < -0.39 is 0 Å². The Hall–Kier alpha value is -3.05. The van der Waals surface area contributed by atoms with Crippen molar-refractivity contribution in [1.29, 1.82) is 0 Å². The Morgan fingerprint density at radius 1 is 0.963 bits per heavy atom. The lowest BCUT2D eigenvalue weighted by Crippen LogP contribution is -1.98. The normalized spacial score (nSPS) is 11.4. The molecule has 0 bridgehead atoms. The highest BCUT2D eigenvalue weighted by atomic mass is 32.1. The molecular formula is C22H20N4S. The van der Waals surface area contributed by atoms with Gasteiger partial charge in [-0.3, -0.25) is 5.43 Å². The number of fused-ring (bicyclic) bond motifs is 1. The third-order valence-electron chi connectivity index (χ3n) is 4.36. The molecule has 4 aromatic rings. The van der Waals surface area contributed by atoms with Crippen molar-refractivity contribution in [2.45, 2.75) is 20.8 Å². The van der Waals surface area contributed by atoms with Crippen LogP contribution in [0.25, 0.3) is 20.7 Å². The molecule has 4 nitrogen and oxygen atoms in total. The first-order valence-electron chi connectivity index (χ1n) is 8.80. The Morgan fingerprint density at radius 3 is 2.56 bits per heavy atom. The minimum Gasteiger partial charge on any atom is -0.261 e. The van der Waals surface area contributed by atoms with Crippen molar-refractivity contribution in [2.24, 2.45) is 5.10 Å². The molecule has 0 fully saturated rings. The molecule has 4 rings (SSSR count). The number of aryl methyl sites for hydroxylation is 3. The number of nitrogens with one attached hydrogen (secondary N) is 1. The molecule has 2 heterocycles. The van der Waals surface area contributed by atoms with Gasteiger partial charge in [0.2, 0.25) is 0 Å². The molecule has 0 atom stereocenters. The summed E-state index contributed by atoms with van der Waals surface area (Å²) in [6.07, 6.45) is 1.84. The van der Waals surface area contributed by atoms with Gasteiger partial charge in [0.25, 0.3) is 0 Å². The molecule has 1 N–H and O–H groups in total. The second-order valence-electron chi connectivity index (χ2n) is 6.54. The van der Waals surface area contributed by atoms with Crippen LogP contribution < -0.4 is 5.43 Å². The van der Waals surface area contributed by atoms with Gasteiger partial charge in [0.05, 0.1) is 11.6 Å². The fraction of sp³-hybridized carbons (Fsp3) is 0.136. The maximum Gasteiger partial charge on any atom is 0.158 e. The van der Waals surface area contributed by atoms with E-state index in [1.54, 1.807) is 11.3 Å². The van der Waals surface area contributed by atoms with E-state index in [1.165, 1.54) is 21.6 Å². The lowest BCUT2D eigenvalue weighted by Gasteiger charge is -2.04. The molecule has 2 aromatic heterocycles. The maximum absolute atomic E-state index is 4.59. The molecule has 0 unspecified atom stereocenters.